The number of aromatic nitrogens is 2. The molecule has 0 aliphatic heterocycles. The SMILES string of the molecule is CCn1c(=S)[nH]c2cc(C(=O)NC3CCCCC3C)ccc2c1=O. The van der Waals surface area contributed by atoms with Crippen molar-refractivity contribution in [2.45, 2.75) is 52.1 Å². The van der Waals surface area contributed by atoms with Crippen molar-refractivity contribution in [2.75, 3.05) is 0 Å². The highest BCUT2D eigenvalue weighted by atomic mass is 32.1. The molecule has 3 rings (SSSR count). The molecule has 1 aliphatic carbocycles. The van der Waals surface area contributed by atoms with Gasteiger partial charge in [0.25, 0.3) is 11.5 Å². The lowest BCUT2D eigenvalue weighted by Crippen LogP contribution is -2.41. The normalized spacial score (nSPS) is 20.9. The van der Waals surface area contributed by atoms with Gasteiger partial charge in [0.15, 0.2) is 4.77 Å². The molecule has 6 heteroatoms. The van der Waals surface area contributed by atoms with Crippen molar-refractivity contribution in [1.82, 2.24) is 14.9 Å². The molecule has 1 amide bonds. The van der Waals surface area contributed by atoms with Gasteiger partial charge in [-0.1, -0.05) is 19.8 Å². The van der Waals surface area contributed by atoms with Crippen LogP contribution in [0.4, 0.5) is 0 Å². The molecule has 1 heterocycles. The van der Waals surface area contributed by atoms with E-state index in [1.807, 2.05) is 6.92 Å². The molecule has 1 saturated carbocycles. The Bertz CT molecular complexity index is 884. The first-order valence-corrected chi connectivity index (χ1v) is 9.00. The Morgan fingerprint density at radius 1 is 1.38 bits per heavy atom. The molecule has 128 valence electrons. The fraction of sp³-hybridized carbons (Fsp3) is 0.500. The molecule has 2 unspecified atom stereocenters. The smallest absolute Gasteiger partial charge is 0.262 e. The van der Waals surface area contributed by atoms with Gasteiger partial charge in [0.05, 0.1) is 10.9 Å². The number of aromatic amines is 1. The molecule has 0 radical (unpaired) electrons. The summed E-state index contributed by atoms with van der Waals surface area (Å²) >= 11 is 5.23. The predicted octanol–water partition coefficient (Wildman–Crippen LogP) is 3.39. The van der Waals surface area contributed by atoms with Crippen molar-refractivity contribution in [1.29, 1.82) is 0 Å². The summed E-state index contributed by atoms with van der Waals surface area (Å²) in [6, 6.07) is 5.36. The highest BCUT2D eigenvalue weighted by molar-refractivity contribution is 7.71. The largest absolute Gasteiger partial charge is 0.349 e. The maximum Gasteiger partial charge on any atom is 0.262 e. The van der Waals surface area contributed by atoms with E-state index in [1.54, 1.807) is 18.2 Å². The van der Waals surface area contributed by atoms with Crippen LogP contribution in [0.2, 0.25) is 0 Å². The van der Waals surface area contributed by atoms with Crippen LogP contribution in [0, 0.1) is 10.7 Å². The summed E-state index contributed by atoms with van der Waals surface area (Å²) in [5.74, 6) is 0.417. The predicted molar refractivity (Wildman–Crippen MR) is 98.0 cm³/mol. The second-order valence-corrected chi connectivity index (χ2v) is 6.97. The molecule has 2 N–H and O–H groups in total. The van der Waals surface area contributed by atoms with Crippen LogP contribution in [0.1, 0.15) is 49.9 Å². The molecule has 1 aromatic heterocycles. The molecule has 5 nitrogen and oxygen atoms in total. The number of carbonyl (C=O) groups excluding carboxylic acids is 1. The molecular weight excluding hydrogens is 322 g/mol. The summed E-state index contributed by atoms with van der Waals surface area (Å²) < 4.78 is 1.90. The van der Waals surface area contributed by atoms with E-state index in [4.69, 9.17) is 12.2 Å². The number of fused-ring (bicyclic) bond motifs is 1. The van der Waals surface area contributed by atoms with E-state index in [-0.39, 0.29) is 17.5 Å². The minimum atomic E-state index is -0.121. The number of H-pyrrole nitrogens is 1. The van der Waals surface area contributed by atoms with Crippen LogP contribution < -0.4 is 10.9 Å². The summed E-state index contributed by atoms with van der Waals surface area (Å²) in [7, 11) is 0. The van der Waals surface area contributed by atoms with Gasteiger partial charge < -0.3 is 10.3 Å². The summed E-state index contributed by atoms with van der Waals surface area (Å²) in [5, 5.41) is 3.69. The molecule has 24 heavy (non-hydrogen) atoms. The first-order chi connectivity index (χ1) is 11.5. The molecule has 1 aromatic carbocycles. The van der Waals surface area contributed by atoms with Crippen molar-refractivity contribution in [2.24, 2.45) is 5.92 Å². The van der Waals surface area contributed by atoms with Crippen molar-refractivity contribution in [3.8, 4) is 0 Å². The Labute approximate surface area is 146 Å². The van der Waals surface area contributed by atoms with Gasteiger partial charge in [0.1, 0.15) is 0 Å². The zero-order chi connectivity index (χ0) is 17.3. The Balaban J connectivity index is 1.91. The van der Waals surface area contributed by atoms with Gasteiger partial charge in [-0.05, 0) is 56.1 Å². The number of hydrogen-bond acceptors (Lipinski definition) is 3. The van der Waals surface area contributed by atoms with Gasteiger partial charge in [0.2, 0.25) is 0 Å². The van der Waals surface area contributed by atoms with E-state index in [9.17, 15) is 9.59 Å². The van der Waals surface area contributed by atoms with Crippen LogP contribution in [0.15, 0.2) is 23.0 Å². The first kappa shape index (κ1) is 16.9. The molecule has 2 atom stereocenters. The lowest BCUT2D eigenvalue weighted by atomic mass is 9.86. The molecule has 0 spiro atoms. The third-order valence-electron chi connectivity index (χ3n) is 4.99. The van der Waals surface area contributed by atoms with Gasteiger partial charge in [-0.25, -0.2) is 0 Å². The molecular formula is C18H23N3O2S. The third-order valence-corrected chi connectivity index (χ3v) is 5.31. The fourth-order valence-electron chi connectivity index (χ4n) is 3.47. The van der Waals surface area contributed by atoms with E-state index in [1.165, 1.54) is 11.0 Å². The van der Waals surface area contributed by atoms with E-state index in [0.29, 0.717) is 33.7 Å². The Morgan fingerprint density at radius 2 is 2.12 bits per heavy atom. The van der Waals surface area contributed by atoms with Crippen molar-refractivity contribution >= 4 is 29.0 Å². The molecule has 1 fully saturated rings. The lowest BCUT2D eigenvalue weighted by molar-refractivity contribution is 0.0910. The highest BCUT2D eigenvalue weighted by Crippen LogP contribution is 2.24. The van der Waals surface area contributed by atoms with Gasteiger partial charge in [-0.2, -0.15) is 0 Å². The van der Waals surface area contributed by atoms with Crippen molar-refractivity contribution in [3.63, 3.8) is 0 Å². The number of carbonyl (C=O) groups is 1. The Kier molecular flexibility index (Phi) is 4.85. The monoisotopic (exact) mass is 345 g/mol. The standard InChI is InChI=1S/C18H23N3O2S/c1-3-21-17(23)13-9-8-12(10-15(13)20-18(21)24)16(22)19-14-7-5-4-6-11(14)2/h8-11,14H,3-7H2,1-2H3,(H,19,22)(H,20,24). The summed E-state index contributed by atoms with van der Waals surface area (Å²) in [4.78, 5) is 28.0. The van der Waals surface area contributed by atoms with Crippen molar-refractivity contribution in [3.05, 3.63) is 38.9 Å². The average molecular weight is 345 g/mol. The zero-order valence-electron chi connectivity index (χ0n) is 14.1. The molecule has 0 bridgehead atoms. The van der Waals surface area contributed by atoms with Crippen LogP contribution in [0.3, 0.4) is 0 Å². The van der Waals surface area contributed by atoms with E-state index >= 15 is 0 Å². The van der Waals surface area contributed by atoms with Gasteiger partial charge >= 0.3 is 0 Å². The molecule has 0 saturated heterocycles. The minimum Gasteiger partial charge on any atom is -0.349 e. The maximum atomic E-state index is 12.6. The minimum absolute atomic E-state index is 0.0883. The second-order valence-electron chi connectivity index (χ2n) is 6.58. The molecule has 1 aliphatic rings. The quantitative estimate of drug-likeness (QED) is 0.838. The van der Waals surface area contributed by atoms with E-state index < -0.39 is 0 Å². The van der Waals surface area contributed by atoms with Gasteiger partial charge in [0, 0.05) is 18.2 Å². The van der Waals surface area contributed by atoms with Crippen molar-refractivity contribution < 1.29 is 4.79 Å². The van der Waals surface area contributed by atoms with Crippen LogP contribution >= 0.6 is 12.2 Å². The van der Waals surface area contributed by atoms with Crippen LogP contribution in [-0.4, -0.2) is 21.5 Å². The number of rotatable bonds is 3. The Hall–Kier alpha value is -1.95. The summed E-state index contributed by atoms with van der Waals surface area (Å²) in [5.41, 5.74) is 1.04. The van der Waals surface area contributed by atoms with Crippen LogP contribution in [0.5, 0.6) is 0 Å². The molecule has 2 aromatic rings. The third kappa shape index (κ3) is 3.15. The number of amides is 1. The number of nitrogens with zero attached hydrogens (tertiary/aromatic N) is 1. The highest BCUT2D eigenvalue weighted by Gasteiger charge is 2.23. The first-order valence-electron chi connectivity index (χ1n) is 8.59. The second kappa shape index (κ2) is 6.89. The number of benzene rings is 1. The summed E-state index contributed by atoms with van der Waals surface area (Å²) in [6.07, 6.45) is 4.59. The van der Waals surface area contributed by atoms with E-state index in [2.05, 4.69) is 17.2 Å². The lowest BCUT2D eigenvalue weighted by Gasteiger charge is -2.29. The number of hydrogen-bond donors (Lipinski definition) is 2. The number of nitrogens with one attached hydrogen (secondary N) is 2. The topological polar surface area (TPSA) is 66.9 Å². The Morgan fingerprint density at radius 3 is 2.83 bits per heavy atom. The zero-order valence-corrected chi connectivity index (χ0v) is 14.9. The summed E-state index contributed by atoms with van der Waals surface area (Å²) in [6.45, 7) is 4.59. The van der Waals surface area contributed by atoms with Crippen LogP contribution in [-0.2, 0) is 6.54 Å². The fourth-order valence-corrected chi connectivity index (χ4v) is 3.79. The average Bonchev–Trinajstić information content (AvgIpc) is 2.56. The van der Waals surface area contributed by atoms with E-state index in [0.717, 1.165) is 19.3 Å². The van der Waals surface area contributed by atoms with Gasteiger partial charge in [-0.15, -0.1) is 0 Å². The van der Waals surface area contributed by atoms with Gasteiger partial charge in [-0.3, -0.25) is 14.2 Å². The maximum absolute atomic E-state index is 12.6. The van der Waals surface area contributed by atoms with Crippen LogP contribution in [0.25, 0.3) is 10.9 Å².